The van der Waals surface area contributed by atoms with E-state index in [1.165, 1.54) is 45.2 Å². The minimum absolute atomic E-state index is 0.204. The van der Waals surface area contributed by atoms with Crippen molar-refractivity contribution in [2.24, 2.45) is 4.99 Å². The first kappa shape index (κ1) is 23.4. The van der Waals surface area contributed by atoms with Crippen LogP contribution in [0.1, 0.15) is 57.1 Å². The Balaban J connectivity index is 1.43. The molecule has 1 aromatic rings. The minimum Gasteiger partial charge on any atom is -0.377 e. The van der Waals surface area contributed by atoms with Crippen LogP contribution in [0.3, 0.4) is 0 Å². The monoisotopic (exact) mass is 446 g/mol. The number of nitrogens with zero attached hydrogens (tertiary/aromatic N) is 6. The van der Waals surface area contributed by atoms with Crippen molar-refractivity contribution in [2.75, 3.05) is 53.4 Å². The number of likely N-dealkylation sites (tertiary alicyclic amines) is 2. The van der Waals surface area contributed by atoms with Crippen molar-refractivity contribution in [2.45, 2.75) is 76.6 Å². The van der Waals surface area contributed by atoms with Crippen molar-refractivity contribution < 1.29 is 4.74 Å². The summed E-state index contributed by atoms with van der Waals surface area (Å²) < 4.78 is 7.23. The topological polar surface area (TPSA) is 82.8 Å². The number of piperidine rings is 2. The quantitative estimate of drug-likeness (QED) is 0.482. The summed E-state index contributed by atoms with van der Waals surface area (Å²) in [6, 6.07) is 0.306. The molecule has 2 N–H and O–H groups in total. The fourth-order valence-electron chi connectivity index (χ4n) is 5.39. The molecule has 0 aliphatic carbocycles. The van der Waals surface area contributed by atoms with Crippen molar-refractivity contribution in [3.8, 4) is 0 Å². The van der Waals surface area contributed by atoms with Crippen LogP contribution in [-0.4, -0.2) is 95.5 Å². The molecule has 3 aliphatic heterocycles. The van der Waals surface area contributed by atoms with Crippen LogP contribution in [0.15, 0.2) is 4.99 Å². The van der Waals surface area contributed by atoms with Gasteiger partial charge in [-0.15, -0.1) is 0 Å². The van der Waals surface area contributed by atoms with Gasteiger partial charge in [-0.1, -0.05) is 6.42 Å². The standard InChI is InChI=1S/C23H42N8O/c1-4-24-22(26-19-8-9-21-27-20(17-32-3)28-31(21)16-19)25-18-23(10-14-29(2)15-11-23)30-12-6-5-7-13-30/h19H,4-18H2,1-3H3,(H2,24,25,26). The Morgan fingerprint density at radius 1 is 1.19 bits per heavy atom. The lowest BCUT2D eigenvalue weighted by Crippen LogP contribution is -2.58. The van der Waals surface area contributed by atoms with E-state index in [2.05, 4.69) is 44.5 Å². The molecule has 1 aromatic heterocycles. The Morgan fingerprint density at radius 2 is 1.97 bits per heavy atom. The molecule has 1 atom stereocenters. The normalized spacial score (nSPS) is 24.8. The molecule has 0 saturated carbocycles. The van der Waals surface area contributed by atoms with E-state index in [1.54, 1.807) is 7.11 Å². The van der Waals surface area contributed by atoms with E-state index in [0.29, 0.717) is 12.6 Å². The third-order valence-corrected chi connectivity index (χ3v) is 7.34. The number of nitrogens with one attached hydrogen (secondary N) is 2. The van der Waals surface area contributed by atoms with Crippen LogP contribution in [-0.2, 0) is 24.3 Å². The third-order valence-electron chi connectivity index (χ3n) is 7.34. The molecule has 0 bridgehead atoms. The highest BCUT2D eigenvalue weighted by Crippen LogP contribution is 2.31. The second kappa shape index (κ2) is 10.9. The van der Waals surface area contributed by atoms with Gasteiger partial charge in [0.15, 0.2) is 11.8 Å². The lowest BCUT2D eigenvalue weighted by Gasteiger charge is -2.49. The number of rotatable bonds is 7. The van der Waals surface area contributed by atoms with Crippen molar-refractivity contribution in [1.82, 2.24) is 35.2 Å². The molecule has 1 unspecified atom stereocenters. The van der Waals surface area contributed by atoms with Crippen molar-refractivity contribution in [3.63, 3.8) is 0 Å². The zero-order valence-corrected chi connectivity index (χ0v) is 20.3. The Kier molecular flexibility index (Phi) is 8.02. The SMILES string of the molecule is CCNC(=NCC1(N2CCCCC2)CCN(C)CC1)NC1CCc2nc(COC)nn2C1. The highest BCUT2D eigenvalue weighted by atomic mass is 16.5. The maximum absolute atomic E-state index is 5.19. The lowest BCUT2D eigenvalue weighted by atomic mass is 9.84. The second-order valence-electron chi connectivity index (χ2n) is 9.71. The molecule has 2 saturated heterocycles. The van der Waals surface area contributed by atoms with Gasteiger partial charge in [0.25, 0.3) is 0 Å². The zero-order chi connectivity index (χ0) is 22.4. The van der Waals surface area contributed by atoms with Crippen molar-refractivity contribution in [1.29, 1.82) is 0 Å². The Hall–Kier alpha value is -1.71. The van der Waals surface area contributed by atoms with E-state index >= 15 is 0 Å². The minimum atomic E-state index is 0.204. The number of fused-ring (bicyclic) bond motifs is 1. The molecular formula is C23H42N8O. The van der Waals surface area contributed by atoms with Gasteiger partial charge in [-0.25, -0.2) is 9.67 Å². The summed E-state index contributed by atoms with van der Waals surface area (Å²) in [6.07, 6.45) is 8.41. The van der Waals surface area contributed by atoms with Gasteiger partial charge in [-0.3, -0.25) is 9.89 Å². The third kappa shape index (κ3) is 5.61. The number of aromatic nitrogens is 3. The van der Waals surface area contributed by atoms with E-state index in [0.717, 1.165) is 63.2 Å². The van der Waals surface area contributed by atoms with Crippen LogP contribution in [0.5, 0.6) is 0 Å². The largest absolute Gasteiger partial charge is 0.377 e. The Bertz CT molecular complexity index is 749. The number of aliphatic imine (C=N–C) groups is 1. The molecule has 0 spiro atoms. The lowest BCUT2D eigenvalue weighted by molar-refractivity contribution is 0.0208. The number of hydrogen-bond donors (Lipinski definition) is 2. The number of guanidine groups is 1. The number of ether oxygens (including phenoxy) is 1. The van der Waals surface area contributed by atoms with Crippen LogP contribution in [0.2, 0.25) is 0 Å². The average molecular weight is 447 g/mol. The van der Waals surface area contributed by atoms with Gasteiger partial charge >= 0.3 is 0 Å². The maximum Gasteiger partial charge on any atom is 0.191 e. The molecule has 3 aliphatic rings. The Morgan fingerprint density at radius 3 is 2.69 bits per heavy atom. The molecule has 9 nitrogen and oxygen atoms in total. The van der Waals surface area contributed by atoms with Crippen LogP contribution in [0, 0.1) is 0 Å². The van der Waals surface area contributed by atoms with E-state index in [1.807, 2.05) is 4.68 Å². The van der Waals surface area contributed by atoms with Gasteiger partial charge in [-0.05, 0) is 72.3 Å². The Labute approximate surface area is 193 Å². The van der Waals surface area contributed by atoms with Gasteiger partial charge in [0.1, 0.15) is 12.4 Å². The van der Waals surface area contributed by atoms with E-state index in [4.69, 9.17) is 9.73 Å². The molecular weight excluding hydrogens is 404 g/mol. The van der Waals surface area contributed by atoms with Crippen molar-refractivity contribution in [3.05, 3.63) is 11.6 Å². The summed E-state index contributed by atoms with van der Waals surface area (Å²) in [5.74, 6) is 2.77. The van der Waals surface area contributed by atoms with Crippen LogP contribution < -0.4 is 10.6 Å². The van der Waals surface area contributed by atoms with E-state index in [-0.39, 0.29) is 5.54 Å². The maximum atomic E-state index is 5.19. The van der Waals surface area contributed by atoms with Crippen molar-refractivity contribution >= 4 is 5.96 Å². The van der Waals surface area contributed by atoms with Crippen LogP contribution >= 0.6 is 0 Å². The number of methoxy groups -OCH3 is 1. The molecule has 0 aromatic carbocycles. The molecule has 2 fully saturated rings. The van der Waals surface area contributed by atoms with Gasteiger partial charge in [-0.2, -0.15) is 5.10 Å². The van der Waals surface area contributed by atoms with Crippen LogP contribution in [0.4, 0.5) is 0 Å². The highest BCUT2D eigenvalue weighted by molar-refractivity contribution is 5.80. The van der Waals surface area contributed by atoms with E-state index in [9.17, 15) is 0 Å². The zero-order valence-electron chi connectivity index (χ0n) is 20.3. The van der Waals surface area contributed by atoms with E-state index < -0.39 is 0 Å². The molecule has 4 rings (SSSR count). The molecule has 180 valence electrons. The molecule has 9 heteroatoms. The summed E-state index contributed by atoms with van der Waals surface area (Å²) in [4.78, 5) is 15.0. The first-order valence-corrected chi connectivity index (χ1v) is 12.5. The first-order chi connectivity index (χ1) is 15.6. The van der Waals surface area contributed by atoms with Gasteiger partial charge < -0.3 is 20.3 Å². The fourth-order valence-corrected chi connectivity index (χ4v) is 5.39. The highest BCUT2D eigenvalue weighted by Gasteiger charge is 2.39. The molecule has 0 amide bonds. The smallest absolute Gasteiger partial charge is 0.191 e. The van der Waals surface area contributed by atoms with Gasteiger partial charge in [0, 0.05) is 31.7 Å². The van der Waals surface area contributed by atoms with Gasteiger partial charge in [0.05, 0.1) is 13.1 Å². The number of hydrogen-bond acceptors (Lipinski definition) is 6. The second-order valence-corrected chi connectivity index (χ2v) is 9.71. The van der Waals surface area contributed by atoms with Crippen LogP contribution in [0.25, 0.3) is 0 Å². The molecule has 0 radical (unpaired) electrons. The summed E-state index contributed by atoms with van der Waals surface area (Å²) in [7, 11) is 3.93. The summed E-state index contributed by atoms with van der Waals surface area (Å²) in [5.41, 5.74) is 0.204. The number of aryl methyl sites for hydroxylation is 1. The predicted molar refractivity (Wildman–Crippen MR) is 127 cm³/mol. The fraction of sp³-hybridized carbons (Fsp3) is 0.870. The predicted octanol–water partition coefficient (Wildman–Crippen LogP) is 1.24. The average Bonchev–Trinajstić information content (AvgIpc) is 3.21. The summed E-state index contributed by atoms with van der Waals surface area (Å²) in [6.45, 7) is 9.94. The molecule has 32 heavy (non-hydrogen) atoms. The summed E-state index contributed by atoms with van der Waals surface area (Å²) in [5, 5.41) is 11.8. The van der Waals surface area contributed by atoms with Gasteiger partial charge in [0.2, 0.25) is 0 Å². The molecule has 4 heterocycles. The first-order valence-electron chi connectivity index (χ1n) is 12.5. The summed E-state index contributed by atoms with van der Waals surface area (Å²) >= 11 is 0.